The minimum Gasteiger partial charge on any atom is -0.399 e. The third-order valence-corrected chi connectivity index (χ3v) is 5.69. The molecule has 0 aromatic heterocycles. The van der Waals surface area contributed by atoms with Gasteiger partial charge in [-0.15, -0.1) is 0 Å². The van der Waals surface area contributed by atoms with Gasteiger partial charge in [0.1, 0.15) is 7.11 Å². The molecule has 0 aromatic rings. The van der Waals surface area contributed by atoms with Crippen molar-refractivity contribution < 1.29 is 4.84 Å². The zero-order valence-corrected chi connectivity index (χ0v) is 11.3. The summed E-state index contributed by atoms with van der Waals surface area (Å²) in [5.74, 6) is 0. The lowest BCUT2D eigenvalue weighted by Crippen LogP contribution is -2.46. The second-order valence-corrected chi connectivity index (χ2v) is 6.60. The lowest BCUT2D eigenvalue weighted by atomic mass is 9.62. The van der Waals surface area contributed by atoms with E-state index in [1.165, 1.54) is 44.5 Å². The van der Waals surface area contributed by atoms with E-state index in [1.54, 1.807) is 7.11 Å². The summed E-state index contributed by atoms with van der Waals surface area (Å²) in [7, 11) is 1.68. The largest absolute Gasteiger partial charge is 0.399 e. The van der Waals surface area contributed by atoms with Crippen LogP contribution in [0, 0.1) is 10.8 Å². The molecule has 2 saturated heterocycles. The normalized spacial score (nSPS) is 42.5. The van der Waals surface area contributed by atoms with Gasteiger partial charge >= 0.3 is 0 Å². The Balaban J connectivity index is 1.99. The predicted octanol–water partition coefficient (Wildman–Crippen LogP) is 2.66. The molecule has 0 radical (unpaired) electrons. The zero-order chi connectivity index (χ0) is 12.1. The summed E-state index contributed by atoms with van der Waals surface area (Å²) in [6.45, 7) is 7.38. The van der Waals surface area contributed by atoms with Gasteiger partial charge in [0.2, 0.25) is 0 Å². The number of rotatable bonds is 1. The van der Waals surface area contributed by atoms with Gasteiger partial charge in [0.05, 0.1) is 11.8 Å². The van der Waals surface area contributed by atoms with Crippen molar-refractivity contribution in [2.24, 2.45) is 16.0 Å². The highest BCUT2D eigenvalue weighted by atomic mass is 16.6. The molecule has 0 unspecified atom stereocenters. The number of hydrogen-bond donors (Lipinski definition) is 0. The molecule has 0 amide bonds. The molecule has 1 saturated carbocycles. The van der Waals surface area contributed by atoms with Crippen molar-refractivity contribution in [3.63, 3.8) is 0 Å². The molecule has 0 N–H and O–H groups in total. The minimum atomic E-state index is 0.464. The molecule has 3 nitrogen and oxygen atoms in total. The second kappa shape index (κ2) is 3.71. The van der Waals surface area contributed by atoms with Crippen molar-refractivity contribution in [1.29, 1.82) is 0 Å². The molecule has 96 valence electrons. The van der Waals surface area contributed by atoms with E-state index in [4.69, 9.17) is 4.84 Å². The van der Waals surface area contributed by atoms with Crippen molar-refractivity contribution in [3.05, 3.63) is 0 Å². The van der Waals surface area contributed by atoms with Crippen LogP contribution in [0.25, 0.3) is 0 Å². The van der Waals surface area contributed by atoms with Crippen molar-refractivity contribution >= 4 is 5.71 Å². The fourth-order valence-corrected chi connectivity index (χ4v) is 4.74. The first-order chi connectivity index (χ1) is 8.11. The first kappa shape index (κ1) is 11.5. The highest BCUT2D eigenvalue weighted by molar-refractivity contribution is 5.92. The van der Waals surface area contributed by atoms with Crippen LogP contribution in [-0.2, 0) is 4.84 Å². The van der Waals surface area contributed by atoms with Crippen LogP contribution in [0.3, 0.4) is 0 Å². The van der Waals surface area contributed by atoms with E-state index in [2.05, 4.69) is 23.9 Å². The Morgan fingerprint density at radius 2 is 2.06 bits per heavy atom. The van der Waals surface area contributed by atoms with Crippen molar-refractivity contribution in [3.8, 4) is 0 Å². The van der Waals surface area contributed by atoms with Gasteiger partial charge in [0, 0.05) is 13.0 Å². The Hall–Kier alpha value is -0.570. The topological polar surface area (TPSA) is 24.8 Å². The van der Waals surface area contributed by atoms with E-state index in [0.29, 0.717) is 16.9 Å². The van der Waals surface area contributed by atoms with Gasteiger partial charge in [0.25, 0.3) is 0 Å². The molecular weight excluding hydrogens is 212 g/mol. The number of nitrogens with zero attached hydrogens (tertiary/aromatic N) is 2. The van der Waals surface area contributed by atoms with E-state index in [1.807, 2.05) is 0 Å². The first-order valence-electron chi connectivity index (χ1n) is 6.95. The fourth-order valence-electron chi connectivity index (χ4n) is 4.74. The summed E-state index contributed by atoms with van der Waals surface area (Å²) < 4.78 is 0. The van der Waals surface area contributed by atoms with Gasteiger partial charge in [-0.3, -0.25) is 4.90 Å². The van der Waals surface area contributed by atoms with E-state index < -0.39 is 0 Å². The molecule has 3 heteroatoms. The average molecular weight is 236 g/mol. The molecule has 2 atom stereocenters. The molecule has 3 fully saturated rings. The van der Waals surface area contributed by atoms with Crippen LogP contribution < -0.4 is 0 Å². The van der Waals surface area contributed by atoms with Crippen LogP contribution in [0.4, 0.5) is 0 Å². The summed E-state index contributed by atoms with van der Waals surface area (Å²) in [4.78, 5) is 7.71. The summed E-state index contributed by atoms with van der Waals surface area (Å²) >= 11 is 0. The van der Waals surface area contributed by atoms with Crippen LogP contribution in [0.1, 0.15) is 46.0 Å². The molecule has 1 aliphatic carbocycles. The van der Waals surface area contributed by atoms with Crippen LogP contribution in [0.5, 0.6) is 0 Å². The standard InChI is InChI=1S/C14H24N2O/c1-13(2)6-4-7-14(13)8-10-16-9-5-11(12(14)16)15-17-3/h12H,4-10H2,1-3H3/t12-,14-/m1/s1. The number of fused-ring (bicyclic) bond motifs is 2. The quantitative estimate of drug-likeness (QED) is 0.654. The highest BCUT2D eigenvalue weighted by Crippen LogP contribution is 2.61. The maximum Gasteiger partial charge on any atom is 0.106 e. The maximum absolute atomic E-state index is 5.07. The highest BCUT2D eigenvalue weighted by Gasteiger charge is 2.60. The van der Waals surface area contributed by atoms with Crippen molar-refractivity contribution in [2.75, 3.05) is 20.2 Å². The summed E-state index contributed by atoms with van der Waals surface area (Å²) in [6.07, 6.45) is 6.60. The van der Waals surface area contributed by atoms with E-state index >= 15 is 0 Å². The van der Waals surface area contributed by atoms with Gasteiger partial charge in [-0.2, -0.15) is 0 Å². The summed E-state index contributed by atoms with van der Waals surface area (Å²) in [5.41, 5.74) is 2.24. The Kier molecular flexibility index (Phi) is 2.51. The molecule has 1 spiro atoms. The molecule has 0 aromatic carbocycles. The third kappa shape index (κ3) is 1.41. The molecule has 2 aliphatic heterocycles. The van der Waals surface area contributed by atoms with E-state index in [9.17, 15) is 0 Å². The molecule has 0 bridgehead atoms. The number of hydrogen-bond acceptors (Lipinski definition) is 3. The van der Waals surface area contributed by atoms with E-state index in [0.717, 1.165) is 6.42 Å². The SMILES string of the molecule is CON=C1CCN2CC[C@]3(CCCC3(C)C)[C@@H]12. The van der Waals surface area contributed by atoms with Gasteiger partial charge in [0.15, 0.2) is 0 Å². The van der Waals surface area contributed by atoms with Crippen LogP contribution in [0.15, 0.2) is 5.16 Å². The monoisotopic (exact) mass is 236 g/mol. The lowest BCUT2D eigenvalue weighted by molar-refractivity contribution is 0.0934. The Labute approximate surface area is 104 Å². The molecular formula is C14H24N2O. The van der Waals surface area contributed by atoms with Crippen LogP contribution in [0.2, 0.25) is 0 Å². The smallest absolute Gasteiger partial charge is 0.106 e. The molecule has 17 heavy (non-hydrogen) atoms. The maximum atomic E-state index is 5.07. The van der Waals surface area contributed by atoms with Crippen molar-refractivity contribution in [2.45, 2.75) is 52.0 Å². The minimum absolute atomic E-state index is 0.464. The van der Waals surface area contributed by atoms with Gasteiger partial charge in [-0.25, -0.2) is 0 Å². The van der Waals surface area contributed by atoms with Gasteiger partial charge in [-0.1, -0.05) is 25.4 Å². The molecule has 3 aliphatic rings. The fraction of sp³-hybridized carbons (Fsp3) is 0.929. The van der Waals surface area contributed by atoms with Crippen LogP contribution >= 0.6 is 0 Å². The van der Waals surface area contributed by atoms with E-state index in [-0.39, 0.29) is 0 Å². The molecule has 2 heterocycles. The lowest BCUT2D eigenvalue weighted by Gasteiger charge is -2.43. The van der Waals surface area contributed by atoms with Gasteiger partial charge < -0.3 is 4.84 Å². The first-order valence-corrected chi connectivity index (χ1v) is 6.95. The van der Waals surface area contributed by atoms with Crippen molar-refractivity contribution in [1.82, 2.24) is 4.90 Å². The molecule has 3 rings (SSSR count). The third-order valence-electron chi connectivity index (χ3n) is 5.69. The Morgan fingerprint density at radius 3 is 2.71 bits per heavy atom. The number of oxime groups is 1. The summed E-state index contributed by atoms with van der Waals surface area (Å²) in [5, 5.41) is 4.33. The average Bonchev–Trinajstić information content (AvgIpc) is 2.89. The predicted molar refractivity (Wildman–Crippen MR) is 69.1 cm³/mol. The van der Waals surface area contributed by atoms with Crippen LogP contribution in [-0.4, -0.2) is 36.9 Å². The zero-order valence-electron chi connectivity index (χ0n) is 11.3. The summed E-state index contributed by atoms with van der Waals surface area (Å²) in [6, 6.07) is 0.569. The Bertz CT molecular complexity index is 350. The Morgan fingerprint density at radius 1 is 1.24 bits per heavy atom. The second-order valence-electron chi connectivity index (χ2n) is 6.60. The van der Waals surface area contributed by atoms with Gasteiger partial charge in [-0.05, 0) is 36.6 Å².